The fourth-order valence-electron chi connectivity index (χ4n) is 2.19. The number of anilines is 2. The van der Waals surface area contributed by atoms with Crippen molar-refractivity contribution < 1.29 is 0 Å². The summed E-state index contributed by atoms with van der Waals surface area (Å²) < 4.78 is 0. The molecule has 0 amide bonds. The van der Waals surface area contributed by atoms with Crippen LogP contribution < -0.4 is 10.6 Å². The highest BCUT2D eigenvalue weighted by atomic mass is 15.1. The minimum atomic E-state index is 0.266. The van der Waals surface area contributed by atoms with Crippen molar-refractivity contribution in [3.05, 3.63) is 11.4 Å². The lowest BCUT2D eigenvalue weighted by molar-refractivity contribution is 0.805. The molecule has 2 N–H and O–H groups in total. The predicted octanol–water partition coefficient (Wildman–Crippen LogP) is 3.45. The van der Waals surface area contributed by atoms with Gasteiger partial charge in [0, 0.05) is 23.6 Å². The molecule has 104 valence electrons. The molecule has 0 aromatic carbocycles. The molecule has 3 rings (SSSR count). The molecule has 0 unspecified atom stereocenters. The number of rotatable bonds is 6. The van der Waals surface area contributed by atoms with Gasteiger partial charge in [0.05, 0.1) is 0 Å². The average Bonchev–Trinajstić information content (AvgIpc) is 3.27. The zero-order valence-electron chi connectivity index (χ0n) is 12.2. The molecule has 1 aromatic heterocycles. The summed E-state index contributed by atoms with van der Waals surface area (Å²) in [5.41, 5.74) is 1.42. The minimum absolute atomic E-state index is 0.266. The Balaban J connectivity index is 1.88. The van der Waals surface area contributed by atoms with E-state index in [9.17, 15) is 0 Å². The molecule has 2 aliphatic carbocycles. The largest absolute Gasteiger partial charge is 0.370 e. The lowest BCUT2D eigenvalue weighted by atomic mass is 10.2. The number of aromatic nitrogens is 2. The van der Waals surface area contributed by atoms with Gasteiger partial charge >= 0.3 is 0 Å². The van der Waals surface area contributed by atoms with Crippen molar-refractivity contribution in [2.45, 2.75) is 64.3 Å². The van der Waals surface area contributed by atoms with Gasteiger partial charge in [-0.05, 0) is 46.0 Å². The first kappa shape index (κ1) is 12.7. The fourth-order valence-corrected chi connectivity index (χ4v) is 2.19. The number of hydrogen-bond acceptors (Lipinski definition) is 4. The molecule has 2 aliphatic rings. The minimum Gasteiger partial charge on any atom is -0.370 e. The van der Waals surface area contributed by atoms with Crippen LogP contribution >= 0.6 is 0 Å². The van der Waals surface area contributed by atoms with Crippen molar-refractivity contribution in [1.29, 1.82) is 0 Å². The molecule has 0 radical (unpaired) electrons. The first-order valence-electron chi connectivity index (χ1n) is 7.52. The van der Waals surface area contributed by atoms with Gasteiger partial charge in [0.1, 0.15) is 17.5 Å². The first-order valence-corrected chi connectivity index (χ1v) is 7.52. The zero-order valence-corrected chi connectivity index (χ0v) is 12.2. The van der Waals surface area contributed by atoms with Gasteiger partial charge in [0.15, 0.2) is 0 Å². The Kier molecular flexibility index (Phi) is 3.11. The van der Waals surface area contributed by atoms with Crippen LogP contribution in [0.4, 0.5) is 11.6 Å². The molecule has 2 fully saturated rings. The van der Waals surface area contributed by atoms with Crippen LogP contribution in [0.15, 0.2) is 0 Å². The molecule has 4 heteroatoms. The molecule has 2 saturated carbocycles. The highest BCUT2D eigenvalue weighted by Gasteiger charge is 2.38. The van der Waals surface area contributed by atoms with E-state index in [0.717, 1.165) is 36.0 Å². The Morgan fingerprint density at radius 3 is 2.47 bits per heavy atom. The summed E-state index contributed by atoms with van der Waals surface area (Å²) in [5, 5.41) is 7.05. The summed E-state index contributed by atoms with van der Waals surface area (Å²) in [6, 6.07) is 0. The Bertz CT molecular complexity index is 475. The molecule has 0 saturated heterocycles. The Morgan fingerprint density at radius 1 is 1.21 bits per heavy atom. The maximum absolute atomic E-state index is 4.77. The van der Waals surface area contributed by atoms with E-state index < -0.39 is 0 Å². The summed E-state index contributed by atoms with van der Waals surface area (Å²) in [6.45, 7) is 7.53. The Morgan fingerprint density at radius 2 is 1.89 bits per heavy atom. The van der Waals surface area contributed by atoms with E-state index in [1.165, 1.54) is 25.7 Å². The summed E-state index contributed by atoms with van der Waals surface area (Å²) in [5.74, 6) is 3.67. The maximum Gasteiger partial charge on any atom is 0.136 e. The van der Waals surface area contributed by atoms with Crippen molar-refractivity contribution in [2.75, 3.05) is 17.2 Å². The molecular formula is C15H24N4. The Hall–Kier alpha value is -1.32. The van der Waals surface area contributed by atoms with Gasteiger partial charge in [-0.15, -0.1) is 0 Å². The standard InChI is InChI=1S/C15H24N4/c1-4-9-16-12-10(2)13(19-15(3)7-8-15)18-14(17-12)11-5-6-11/h11H,4-9H2,1-3H3,(H2,16,17,18,19). The third-order valence-electron chi connectivity index (χ3n) is 4.07. The van der Waals surface area contributed by atoms with Crippen LogP contribution in [0.3, 0.4) is 0 Å². The highest BCUT2D eigenvalue weighted by molar-refractivity contribution is 5.59. The monoisotopic (exact) mass is 260 g/mol. The smallest absolute Gasteiger partial charge is 0.136 e. The number of nitrogens with one attached hydrogen (secondary N) is 2. The number of hydrogen-bond donors (Lipinski definition) is 2. The van der Waals surface area contributed by atoms with Crippen molar-refractivity contribution in [3.63, 3.8) is 0 Å². The van der Waals surface area contributed by atoms with E-state index in [1.807, 2.05) is 0 Å². The average molecular weight is 260 g/mol. The second-order valence-electron chi connectivity index (χ2n) is 6.29. The van der Waals surface area contributed by atoms with Gasteiger partial charge in [-0.1, -0.05) is 6.92 Å². The topological polar surface area (TPSA) is 49.8 Å². The van der Waals surface area contributed by atoms with Gasteiger partial charge in [0.25, 0.3) is 0 Å². The third kappa shape index (κ3) is 2.82. The van der Waals surface area contributed by atoms with E-state index >= 15 is 0 Å². The molecule has 0 bridgehead atoms. The van der Waals surface area contributed by atoms with Crippen LogP contribution in [0, 0.1) is 6.92 Å². The normalized spacial score (nSPS) is 20.2. The summed E-state index contributed by atoms with van der Waals surface area (Å²) in [7, 11) is 0. The van der Waals surface area contributed by atoms with E-state index in [4.69, 9.17) is 9.97 Å². The van der Waals surface area contributed by atoms with Gasteiger partial charge < -0.3 is 10.6 Å². The van der Waals surface area contributed by atoms with Gasteiger partial charge in [-0.3, -0.25) is 0 Å². The van der Waals surface area contributed by atoms with Crippen LogP contribution in [-0.2, 0) is 0 Å². The van der Waals surface area contributed by atoms with Crippen molar-refractivity contribution in [1.82, 2.24) is 9.97 Å². The number of nitrogens with zero attached hydrogens (tertiary/aromatic N) is 2. The molecule has 0 aliphatic heterocycles. The van der Waals surface area contributed by atoms with Crippen LogP contribution in [-0.4, -0.2) is 22.1 Å². The summed E-state index contributed by atoms with van der Waals surface area (Å²) in [6.07, 6.45) is 6.09. The highest BCUT2D eigenvalue weighted by Crippen LogP contribution is 2.42. The molecule has 1 heterocycles. The molecule has 4 nitrogen and oxygen atoms in total. The fraction of sp³-hybridized carbons (Fsp3) is 0.733. The summed E-state index contributed by atoms with van der Waals surface area (Å²) >= 11 is 0. The third-order valence-corrected chi connectivity index (χ3v) is 4.07. The summed E-state index contributed by atoms with van der Waals surface area (Å²) in [4.78, 5) is 9.49. The Labute approximate surface area is 115 Å². The molecule has 0 atom stereocenters. The molecule has 1 aromatic rings. The van der Waals surface area contributed by atoms with Crippen molar-refractivity contribution in [2.24, 2.45) is 0 Å². The van der Waals surface area contributed by atoms with Crippen LogP contribution in [0.5, 0.6) is 0 Å². The van der Waals surface area contributed by atoms with Gasteiger partial charge in [-0.25, -0.2) is 9.97 Å². The van der Waals surface area contributed by atoms with Crippen LogP contribution in [0.25, 0.3) is 0 Å². The predicted molar refractivity (Wildman–Crippen MR) is 78.8 cm³/mol. The second-order valence-corrected chi connectivity index (χ2v) is 6.29. The SMILES string of the molecule is CCCNc1nc(C2CC2)nc(NC2(C)CC2)c1C. The molecule has 19 heavy (non-hydrogen) atoms. The van der Waals surface area contributed by atoms with Gasteiger partial charge in [-0.2, -0.15) is 0 Å². The molecule has 0 spiro atoms. The zero-order chi connectivity index (χ0) is 13.5. The van der Waals surface area contributed by atoms with E-state index in [-0.39, 0.29) is 5.54 Å². The van der Waals surface area contributed by atoms with E-state index in [1.54, 1.807) is 0 Å². The van der Waals surface area contributed by atoms with Crippen molar-refractivity contribution >= 4 is 11.6 Å². The second kappa shape index (κ2) is 4.66. The van der Waals surface area contributed by atoms with Crippen LogP contribution in [0.2, 0.25) is 0 Å². The van der Waals surface area contributed by atoms with Crippen molar-refractivity contribution in [3.8, 4) is 0 Å². The first-order chi connectivity index (χ1) is 9.11. The van der Waals surface area contributed by atoms with Crippen LogP contribution in [0.1, 0.15) is 63.3 Å². The molecular weight excluding hydrogens is 236 g/mol. The van der Waals surface area contributed by atoms with E-state index in [2.05, 4.69) is 31.4 Å². The van der Waals surface area contributed by atoms with Gasteiger partial charge in [0.2, 0.25) is 0 Å². The lowest BCUT2D eigenvalue weighted by Gasteiger charge is -2.18. The maximum atomic E-state index is 4.77. The quantitative estimate of drug-likeness (QED) is 0.822. The van der Waals surface area contributed by atoms with E-state index in [0.29, 0.717) is 5.92 Å². The lowest BCUT2D eigenvalue weighted by Crippen LogP contribution is -2.20.